The highest BCUT2D eigenvalue weighted by molar-refractivity contribution is 7.99. The fourth-order valence-electron chi connectivity index (χ4n) is 3.15. The van der Waals surface area contributed by atoms with Gasteiger partial charge >= 0.3 is 0 Å². The van der Waals surface area contributed by atoms with Crippen LogP contribution in [0.2, 0.25) is 0 Å². The first-order valence-electron chi connectivity index (χ1n) is 9.87. The third-order valence-electron chi connectivity index (χ3n) is 4.84. The molecule has 0 saturated heterocycles. The molecule has 5 nitrogen and oxygen atoms in total. The van der Waals surface area contributed by atoms with E-state index in [9.17, 15) is 4.79 Å². The number of nitrogens with zero attached hydrogens (tertiary/aromatic N) is 4. The highest BCUT2D eigenvalue weighted by Gasteiger charge is 2.17. The number of aryl methyl sites for hydroxylation is 1. The third-order valence-corrected chi connectivity index (χ3v) is 5.80. The van der Waals surface area contributed by atoms with Gasteiger partial charge in [0.1, 0.15) is 0 Å². The summed E-state index contributed by atoms with van der Waals surface area (Å²) in [4.78, 5) is 16.9. The molecule has 2 aromatic heterocycles. The number of aromatic nitrogens is 4. The van der Waals surface area contributed by atoms with Gasteiger partial charge in [-0.25, -0.2) is 0 Å². The van der Waals surface area contributed by atoms with Crippen LogP contribution in [-0.2, 0) is 13.0 Å². The van der Waals surface area contributed by atoms with Crippen molar-refractivity contribution in [3.63, 3.8) is 0 Å². The van der Waals surface area contributed by atoms with Gasteiger partial charge in [-0.2, -0.15) is 0 Å². The zero-order valence-corrected chi connectivity index (χ0v) is 17.5. The Bertz CT molecular complexity index is 1110. The van der Waals surface area contributed by atoms with Crippen LogP contribution >= 0.6 is 11.8 Å². The average molecular weight is 415 g/mol. The quantitative estimate of drug-likeness (QED) is 0.302. The first-order valence-corrected chi connectivity index (χ1v) is 10.9. The van der Waals surface area contributed by atoms with Crippen LogP contribution in [-0.4, -0.2) is 31.3 Å². The molecule has 4 aromatic rings. The summed E-state index contributed by atoms with van der Waals surface area (Å²) in [7, 11) is 0. The van der Waals surface area contributed by atoms with Crippen LogP contribution in [0.1, 0.15) is 28.4 Å². The van der Waals surface area contributed by atoms with Crippen LogP contribution in [0.4, 0.5) is 0 Å². The Morgan fingerprint density at radius 2 is 1.73 bits per heavy atom. The molecule has 0 fully saturated rings. The van der Waals surface area contributed by atoms with Crippen molar-refractivity contribution in [2.24, 2.45) is 0 Å². The van der Waals surface area contributed by atoms with E-state index in [0.717, 1.165) is 34.1 Å². The van der Waals surface area contributed by atoms with Gasteiger partial charge in [-0.15, -0.1) is 10.2 Å². The van der Waals surface area contributed by atoms with E-state index in [2.05, 4.69) is 34.2 Å². The van der Waals surface area contributed by atoms with E-state index < -0.39 is 0 Å². The molecule has 0 aliphatic carbocycles. The minimum Gasteiger partial charge on any atom is -0.297 e. The topological polar surface area (TPSA) is 60.7 Å². The van der Waals surface area contributed by atoms with E-state index in [1.807, 2.05) is 59.2 Å². The minimum atomic E-state index is 0.0832. The zero-order valence-electron chi connectivity index (χ0n) is 16.7. The van der Waals surface area contributed by atoms with Crippen molar-refractivity contribution >= 4 is 17.5 Å². The van der Waals surface area contributed by atoms with E-state index >= 15 is 0 Å². The number of hydrogen-bond acceptors (Lipinski definition) is 5. The van der Waals surface area contributed by atoms with Gasteiger partial charge in [-0.05, 0) is 29.7 Å². The number of ketones is 1. The van der Waals surface area contributed by atoms with Crippen molar-refractivity contribution in [3.8, 4) is 11.4 Å². The second-order valence-corrected chi connectivity index (χ2v) is 7.82. The zero-order chi connectivity index (χ0) is 20.8. The molecular weight excluding hydrogens is 392 g/mol. The maximum absolute atomic E-state index is 12.7. The van der Waals surface area contributed by atoms with Crippen molar-refractivity contribution in [1.82, 2.24) is 19.7 Å². The highest BCUT2D eigenvalue weighted by Crippen LogP contribution is 2.25. The average Bonchev–Trinajstić information content (AvgIpc) is 3.21. The summed E-state index contributed by atoms with van der Waals surface area (Å²) in [5.41, 5.74) is 3.99. The molecular formula is C24H22N4OS. The van der Waals surface area contributed by atoms with Crippen LogP contribution in [0.3, 0.4) is 0 Å². The Kier molecular flexibility index (Phi) is 6.35. The van der Waals surface area contributed by atoms with E-state index in [-0.39, 0.29) is 5.78 Å². The number of Topliss-reactive ketones (excluding diaryl/α,β-unsaturated/α-hetero) is 1. The van der Waals surface area contributed by atoms with Gasteiger partial charge < -0.3 is 0 Å². The summed E-state index contributed by atoms with van der Waals surface area (Å²) in [5.74, 6) is 1.14. The lowest BCUT2D eigenvalue weighted by Crippen LogP contribution is -2.07. The third kappa shape index (κ3) is 4.66. The minimum absolute atomic E-state index is 0.0832. The van der Waals surface area contributed by atoms with Gasteiger partial charge in [0, 0.05) is 23.5 Å². The van der Waals surface area contributed by atoms with Crippen LogP contribution < -0.4 is 0 Å². The van der Waals surface area contributed by atoms with E-state index in [1.54, 1.807) is 12.4 Å². The van der Waals surface area contributed by atoms with Crippen molar-refractivity contribution in [3.05, 3.63) is 95.8 Å². The normalized spacial score (nSPS) is 10.8. The predicted octanol–water partition coefficient (Wildman–Crippen LogP) is 4.93. The van der Waals surface area contributed by atoms with Gasteiger partial charge in [0.05, 0.1) is 12.3 Å². The van der Waals surface area contributed by atoms with Gasteiger partial charge in [0.15, 0.2) is 16.8 Å². The Hall–Kier alpha value is -3.25. The molecule has 0 saturated carbocycles. The molecule has 0 amide bonds. The first-order chi connectivity index (χ1) is 14.7. The Morgan fingerprint density at radius 3 is 2.43 bits per heavy atom. The summed E-state index contributed by atoms with van der Waals surface area (Å²) in [6.45, 7) is 2.73. The standard InChI is InChI=1S/C24H22N4OS/c1-2-18-10-12-20(13-11-18)22(29)17-30-24-27-26-23(21-9-6-14-25-15-21)28(24)16-19-7-4-3-5-8-19/h3-15H,2,16-17H2,1H3. The fraction of sp³-hybridized carbons (Fsp3) is 0.167. The molecule has 0 bridgehead atoms. The smallest absolute Gasteiger partial charge is 0.192 e. The summed E-state index contributed by atoms with van der Waals surface area (Å²) < 4.78 is 2.05. The van der Waals surface area contributed by atoms with Crippen LogP contribution in [0.15, 0.2) is 84.3 Å². The van der Waals surface area contributed by atoms with Crippen LogP contribution in [0.25, 0.3) is 11.4 Å². The molecule has 0 spiro atoms. The number of thioether (sulfide) groups is 1. The molecule has 0 unspecified atom stereocenters. The number of benzene rings is 2. The molecule has 0 N–H and O–H groups in total. The van der Waals surface area contributed by atoms with Crippen molar-refractivity contribution in [2.45, 2.75) is 25.0 Å². The van der Waals surface area contributed by atoms with E-state index in [1.165, 1.54) is 17.3 Å². The van der Waals surface area contributed by atoms with Gasteiger partial charge in [0.2, 0.25) is 0 Å². The second kappa shape index (κ2) is 9.50. The van der Waals surface area contributed by atoms with Crippen molar-refractivity contribution < 1.29 is 4.79 Å². The molecule has 2 aromatic carbocycles. The largest absolute Gasteiger partial charge is 0.297 e. The fourth-order valence-corrected chi connectivity index (χ4v) is 3.98. The van der Waals surface area contributed by atoms with Crippen molar-refractivity contribution in [2.75, 3.05) is 5.75 Å². The molecule has 0 atom stereocenters. The molecule has 0 radical (unpaired) electrons. The summed E-state index contributed by atoms with van der Waals surface area (Å²) in [5, 5.41) is 9.49. The number of hydrogen-bond donors (Lipinski definition) is 0. The van der Waals surface area contributed by atoms with Crippen molar-refractivity contribution in [1.29, 1.82) is 0 Å². The van der Waals surface area contributed by atoms with Gasteiger partial charge in [-0.3, -0.25) is 14.3 Å². The molecule has 0 aliphatic heterocycles. The lowest BCUT2D eigenvalue weighted by atomic mass is 10.1. The number of rotatable bonds is 8. The monoisotopic (exact) mass is 414 g/mol. The Morgan fingerprint density at radius 1 is 0.933 bits per heavy atom. The predicted molar refractivity (Wildman–Crippen MR) is 120 cm³/mol. The second-order valence-electron chi connectivity index (χ2n) is 6.88. The van der Waals surface area contributed by atoms with Crippen LogP contribution in [0.5, 0.6) is 0 Å². The highest BCUT2D eigenvalue weighted by atomic mass is 32.2. The maximum Gasteiger partial charge on any atom is 0.192 e. The van der Waals surface area contributed by atoms with Gasteiger partial charge in [0.25, 0.3) is 0 Å². The molecule has 4 rings (SSSR count). The Balaban J connectivity index is 1.57. The number of carbonyl (C=O) groups is 1. The molecule has 30 heavy (non-hydrogen) atoms. The SMILES string of the molecule is CCc1ccc(C(=O)CSc2nnc(-c3cccnc3)n2Cc2ccccc2)cc1. The number of pyridine rings is 1. The summed E-state index contributed by atoms with van der Waals surface area (Å²) in [6, 6.07) is 21.8. The lowest BCUT2D eigenvalue weighted by molar-refractivity contribution is 0.102. The summed E-state index contributed by atoms with van der Waals surface area (Å²) in [6.07, 6.45) is 4.48. The Labute approximate surface area is 180 Å². The van der Waals surface area contributed by atoms with Gasteiger partial charge in [-0.1, -0.05) is 73.3 Å². The molecule has 6 heteroatoms. The molecule has 150 valence electrons. The van der Waals surface area contributed by atoms with E-state index in [0.29, 0.717) is 12.3 Å². The molecule has 0 aliphatic rings. The lowest BCUT2D eigenvalue weighted by Gasteiger charge is -2.10. The molecule has 2 heterocycles. The van der Waals surface area contributed by atoms with E-state index in [4.69, 9.17) is 0 Å². The maximum atomic E-state index is 12.7. The van der Waals surface area contributed by atoms with Crippen LogP contribution in [0, 0.1) is 0 Å². The number of carbonyl (C=O) groups excluding carboxylic acids is 1. The first kappa shape index (κ1) is 20.0. The summed E-state index contributed by atoms with van der Waals surface area (Å²) >= 11 is 1.41.